The molecule has 0 aliphatic rings. The first kappa shape index (κ1) is 19.1. The van der Waals surface area contributed by atoms with E-state index in [1.165, 1.54) is 46.5 Å². The maximum absolute atomic E-state index is 13.2. The molecule has 0 saturated carbocycles. The number of benzene rings is 2. The van der Waals surface area contributed by atoms with Gasteiger partial charge in [-0.05, 0) is 36.4 Å². The van der Waals surface area contributed by atoms with E-state index >= 15 is 0 Å². The van der Waals surface area contributed by atoms with Gasteiger partial charge < -0.3 is 5.32 Å². The Bertz CT molecular complexity index is 1230. The van der Waals surface area contributed by atoms with Crippen LogP contribution in [0.4, 0.5) is 10.1 Å². The first-order valence-corrected chi connectivity index (χ1v) is 9.76. The van der Waals surface area contributed by atoms with Crippen LogP contribution in [0, 0.1) is 5.82 Å². The van der Waals surface area contributed by atoms with Gasteiger partial charge in [0.25, 0.3) is 0 Å². The third-order valence-electron chi connectivity index (χ3n) is 4.13. The van der Waals surface area contributed by atoms with E-state index in [-0.39, 0.29) is 21.3 Å². The molecular formula is C17H15ClFN3O4S. The van der Waals surface area contributed by atoms with Crippen molar-refractivity contribution in [3.63, 3.8) is 0 Å². The van der Waals surface area contributed by atoms with Gasteiger partial charge in [-0.2, -0.15) is 0 Å². The molecule has 0 spiro atoms. The van der Waals surface area contributed by atoms with Crippen LogP contribution < -0.4 is 11.0 Å². The Morgan fingerprint density at radius 2 is 1.78 bits per heavy atom. The zero-order valence-electron chi connectivity index (χ0n) is 14.4. The van der Waals surface area contributed by atoms with E-state index in [0.29, 0.717) is 11.0 Å². The van der Waals surface area contributed by atoms with E-state index in [4.69, 9.17) is 11.6 Å². The maximum atomic E-state index is 13.2. The number of anilines is 1. The maximum Gasteiger partial charge on any atom is 0.328 e. The lowest BCUT2D eigenvalue weighted by molar-refractivity contribution is -0.113. The first-order chi connectivity index (χ1) is 12.6. The largest absolute Gasteiger partial charge is 0.328 e. The van der Waals surface area contributed by atoms with Crippen LogP contribution in [0.15, 0.2) is 46.1 Å². The third kappa shape index (κ3) is 3.60. The topological polar surface area (TPSA) is 90.2 Å². The predicted octanol–water partition coefficient (Wildman–Crippen LogP) is 2.08. The van der Waals surface area contributed by atoms with Gasteiger partial charge in [0.2, 0.25) is 5.91 Å². The highest BCUT2D eigenvalue weighted by Gasteiger charge is 2.21. The summed E-state index contributed by atoms with van der Waals surface area (Å²) >= 11 is 5.64. The number of nitrogens with zero attached hydrogens (tertiary/aromatic N) is 2. The fourth-order valence-electron chi connectivity index (χ4n) is 2.71. The Kier molecular flexibility index (Phi) is 4.83. The lowest BCUT2D eigenvalue weighted by atomic mass is 10.3. The van der Waals surface area contributed by atoms with Crippen molar-refractivity contribution < 1.29 is 17.6 Å². The highest BCUT2D eigenvalue weighted by atomic mass is 35.5. The molecule has 142 valence electrons. The van der Waals surface area contributed by atoms with Crippen LogP contribution in [0.25, 0.3) is 11.0 Å². The monoisotopic (exact) mass is 411 g/mol. The Morgan fingerprint density at radius 3 is 2.44 bits per heavy atom. The average molecular weight is 412 g/mol. The molecule has 1 N–H and O–H groups in total. The first-order valence-electron chi connectivity index (χ1n) is 7.73. The summed E-state index contributed by atoms with van der Waals surface area (Å²) in [6.07, 6.45) is 0. The van der Waals surface area contributed by atoms with Gasteiger partial charge in [-0.25, -0.2) is 17.6 Å². The number of fused-ring (bicyclic) bond motifs is 1. The molecule has 0 atom stereocenters. The second-order valence-electron chi connectivity index (χ2n) is 5.99. The van der Waals surface area contributed by atoms with Crippen LogP contribution >= 0.6 is 11.6 Å². The van der Waals surface area contributed by atoms with Crippen LogP contribution in [0.2, 0.25) is 5.02 Å². The standard InChI is InChI=1S/C17H15ClFN3O4S/c1-21-14-6-4-11(8-15(14)22(2)17(21)24)27(25,26)9-16(23)20-10-3-5-13(19)12(18)7-10/h3-8H,9H2,1-2H3,(H,20,23). The fourth-order valence-corrected chi connectivity index (χ4v) is 4.04. The van der Waals surface area contributed by atoms with Crippen molar-refractivity contribution in [3.05, 3.63) is 57.7 Å². The summed E-state index contributed by atoms with van der Waals surface area (Å²) < 4.78 is 41.0. The molecule has 1 aromatic heterocycles. The van der Waals surface area contributed by atoms with E-state index < -0.39 is 27.3 Å². The summed E-state index contributed by atoms with van der Waals surface area (Å²) in [6, 6.07) is 7.75. The summed E-state index contributed by atoms with van der Waals surface area (Å²) in [5.74, 6) is -2.25. The number of carbonyl (C=O) groups excluding carboxylic acids is 1. The van der Waals surface area contributed by atoms with Gasteiger partial charge in [-0.15, -0.1) is 0 Å². The number of imidazole rings is 1. The van der Waals surface area contributed by atoms with Gasteiger partial charge in [-0.1, -0.05) is 11.6 Å². The molecule has 3 aromatic rings. The van der Waals surface area contributed by atoms with Crippen molar-refractivity contribution >= 4 is 44.1 Å². The average Bonchev–Trinajstić information content (AvgIpc) is 2.82. The predicted molar refractivity (Wildman–Crippen MR) is 100 cm³/mol. The molecule has 0 unspecified atom stereocenters. The van der Waals surface area contributed by atoms with E-state index in [0.717, 1.165) is 6.07 Å². The van der Waals surface area contributed by atoms with E-state index in [1.54, 1.807) is 7.05 Å². The Morgan fingerprint density at radius 1 is 1.11 bits per heavy atom. The lowest BCUT2D eigenvalue weighted by Gasteiger charge is -2.08. The summed E-state index contributed by atoms with van der Waals surface area (Å²) in [5.41, 5.74) is 0.911. The SMILES string of the molecule is Cn1c(=O)n(C)c2cc(S(=O)(=O)CC(=O)Nc3ccc(F)c(Cl)c3)ccc21. The lowest BCUT2D eigenvalue weighted by Crippen LogP contribution is -2.23. The number of hydrogen-bond acceptors (Lipinski definition) is 4. The minimum atomic E-state index is -3.95. The minimum absolute atomic E-state index is 0.0801. The van der Waals surface area contributed by atoms with Gasteiger partial charge in [0.1, 0.15) is 11.6 Å². The quantitative estimate of drug-likeness (QED) is 0.711. The van der Waals surface area contributed by atoms with E-state index in [2.05, 4.69) is 5.32 Å². The van der Waals surface area contributed by atoms with Crippen molar-refractivity contribution in [1.29, 1.82) is 0 Å². The number of carbonyl (C=O) groups is 1. The molecule has 0 radical (unpaired) electrons. The molecule has 2 aromatic carbocycles. The summed E-state index contributed by atoms with van der Waals surface area (Å²) in [7, 11) is -0.836. The van der Waals surface area contributed by atoms with Crippen molar-refractivity contribution in [1.82, 2.24) is 9.13 Å². The number of aryl methyl sites for hydroxylation is 2. The number of amides is 1. The fraction of sp³-hybridized carbons (Fsp3) is 0.176. The summed E-state index contributed by atoms with van der Waals surface area (Å²) in [6.45, 7) is 0. The third-order valence-corrected chi connectivity index (χ3v) is 6.03. The van der Waals surface area contributed by atoms with Gasteiger partial charge in [0.15, 0.2) is 9.84 Å². The van der Waals surface area contributed by atoms with Gasteiger partial charge in [0.05, 0.1) is 21.0 Å². The normalized spacial score (nSPS) is 11.7. The van der Waals surface area contributed by atoms with Crippen molar-refractivity contribution in [2.45, 2.75) is 4.90 Å². The molecule has 1 heterocycles. The van der Waals surface area contributed by atoms with Crippen molar-refractivity contribution in [2.75, 3.05) is 11.1 Å². The van der Waals surface area contributed by atoms with Crippen LogP contribution in [-0.4, -0.2) is 29.2 Å². The van der Waals surface area contributed by atoms with Crippen LogP contribution in [-0.2, 0) is 28.7 Å². The Labute approximate surface area is 158 Å². The second-order valence-corrected chi connectivity index (χ2v) is 8.38. The highest BCUT2D eigenvalue weighted by Crippen LogP contribution is 2.21. The van der Waals surface area contributed by atoms with Crippen LogP contribution in [0.5, 0.6) is 0 Å². The van der Waals surface area contributed by atoms with E-state index in [1.807, 2.05) is 0 Å². The minimum Gasteiger partial charge on any atom is -0.325 e. The summed E-state index contributed by atoms with van der Waals surface area (Å²) in [4.78, 5) is 24.0. The molecule has 0 aliphatic carbocycles. The molecule has 7 nitrogen and oxygen atoms in total. The number of hydrogen-bond donors (Lipinski definition) is 1. The Hall–Kier alpha value is -2.65. The second kappa shape index (κ2) is 6.82. The van der Waals surface area contributed by atoms with Crippen molar-refractivity contribution in [3.8, 4) is 0 Å². The molecule has 0 aliphatic heterocycles. The molecular weight excluding hydrogens is 397 g/mol. The van der Waals surface area contributed by atoms with Crippen LogP contribution in [0.1, 0.15) is 0 Å². The number of nitrogens with one attached hydrogen (secondary N) is 1. The molecule has 0 fully saturated rings. The molecule has 10 heteroatoms. The molecule has 27 heavy (non-hydrogen) atoms. The molecule has 1 amide bonds. The number of rotatable bonds is 4. The Balaban J connectivity index is 1.86. The van der Waals surface area contributed by atoms with Gasteiger partial charge in [0, 0.05) is 19.8 Å². The van der Waals surface area contributed by atoms with Crippen LogP contribution in [0.3, 0.4) is 0 Å². The zero-order chi connectivity index (χ0) is 19.9. The number of sulfone groups is 1. The zero-order valence-corrected chi connectivity index (χ0v) is 15.9. The van der Waals surface area contributed by atoms with Crippen molar-refractivity contribution in [2.24, 2.45) is 14.1 Å². The summed E-state index contributed by atoms with van der Waals surface area (Å²) in [5, 5.41) is 2.18. The van der Waals surface area contributed by atoms with Gasteiger partial charge in [-0.3, -0.25) is 13.9 Å². The molecule has 3 rings (SSSR count). The molecule has 0 bridgehead atoms. The smallest absolute Gasteiger partial charge is 0.325 e. The molecule has 0 saturated heterocycles. The number of halogens is 2. The highest BCUT2D eigenvalue weighted by molar-refractivity contribution is 7.92. The van der Waals surface area contributed by atoms with E-state index in [9.17, 15) is 22.4 Å². The van der Waals surface area contributed by atoms with Gasteiger partial charge >= 0.3 is 5.69 Å². The number of aromatic nitrogens is 2.